The molecule has 0 spiro atoms. The molecule has 0 saturated heterocycles. The van der Waals surface area contributed by atoms with Crippen LogP contribution in [0, 0.1) is 0 Å². The van der Waals surface area contributed by atoms with Gasteiger partial charge >= 0.3 is 17.5 Å². The number of unbranched alkanes of at least 4 members (excludes halogenated alkanes) is 3. The van der Waals surface area contributed by atoms with Crippen LogP contribution in [0.5, 0.6) is 5.75 Å². The van der Waals surface area contributed by atoms with Crippen molar-refractivity contribution in [3.63, 3.8) is 0 Å². The van der Waals surface area contributed by atoms with Gasteiger partial charge in [0.1, 0.15) is 17.1 Å². The van der Waals surface area contributed by atoms with Gasteiger partial charge in [-0.05, 0) is 43.9 Å². The second-order valence-electron chi connectivity index (χ2n) is 7.22. The molecular formula is C21H26O6. The molecular weight excluding hydrogens is 348 g/mol. The topological polar surface area (TPSA) is 97.0 Å². The summed E-state index contributed by atoms with van der Waals surface area (Å²) in [6.07, 6.45) is 7.08. The number of aryl methyl sites for hydroxylation is 2. The van der Waals surface area contributed by atoms with Gasteiger partial charge in [-0.2, -0.15) is 0 Å². The van der Waals surface area contributed by atoms with Crippen molar-refractivity contribution >= 4 is 22.9 Å². The number of fused-ring (bicyclic) bond motifs is 3. The third-order valence-corrected chi connectivity index (χ3v) is 5.29. The highest BCUT2D eigenvalue weighted by Crippen LogP contribution is 2.35. The first kappa shape index (κ1) is 19.3. The minimum Gasteiger partial charge on any atom is -0.478 e. The van der Waals surface area contributed by atoms with Crippen LogP contribution in [0.15, 0.2) is 22.6 Å². The van der Waals surface area contributed by atoms with Crippen LogP contribution in [0.4, 0.5) is 0 Å². The third-order valence-electron chi connectivity index (χ3n) is 5.29. The molecule has 0 aliphatic heterocycles. The molecule has 2 aromatic rings. The SMILES string of the molecule is CCCCCCC(Oc1ccc2oc3c(c2c1)CCCC3)(C(=O)O)C(=O)O. The number of aliphatic carboxylic acids is 2. The molecule has 1 aromatic carbocycles. The van der Waals surface area contributed by atoms with Gasteiger partial charge in [0.05, 0.1) is 0 Å². The van der Waals surface area contributed by atoms with Crippen LogP contribution in [0.25, 0.3) is 11.0 Å². The second kappa shape index (κ2) is 8.03. The van der Waals surface area contributed by atoms with Crippen LogP contribution in [0.3, 0.4) is 0 Å². The summed E-state index contributed by atoms with van der Waals surface area (Å²) in [6.45, 7) is 2.04. The molecule has 2 N–H and O–H groups in total. The average Bonchev–Trinajstić information content (AvgIpc) is 3.02. The number of carbonyl (C=O) groups is 2. The number of furan rings is 1. The Morgan fingerprint density at radius 3 is 2.56 bits per heavy atom. The zero-order valence-corrected chi connectivity index (χ0v) is 15.6. The number of ether oxygens (including phenoxy) is 1. The number of hydrogen-bond donors (Lipinski definition) is 2. The number of carboxylic acid groups (broad SMARTS) is 2. The van der Waals surface area contributed by atoms with E-state index < -0.39 is 17.5 Å². The molecule has 0 bridgehead atoms. The van der Waals surface area contributed by atoms with E-state index >= 15 is 0 Å². The fourth-order valence-electron chi connectivity index (χ4n) is 3.75. The first-order valence-electron chi connectivity index (χ1n) is 9.68. The predicted octanol–water partition coefficient (Wildman–Crippen LogP) is 4.57. The fourth-order valence-corrected chi connectivity index (χ4v) is 3.75. The first-order valence-corrected chi connectivity index (χ1v) is 9.68. The molecule has 0 radical (unpaired) electrons. The van der Waals surface area contributed by atoms with E-state index in [9.17, 15) is 19.8 Å². The van der Waals surface area contributed by atoms with Crippen molar-refractivity contribution < 1.29 is 29.0 Å². The summed E-state index contributed by atoms with van der Waals surface area (Å²) in [5, 5.41) is 20.2. The van der Waals surface area contributed by atoms with Crippen molar-refractivity contribution in [1.82, 2.24) is 0 Å². The zero-order chi connectivity index (χ0) is 19.4. The molecule has 1 aliphatic rings. The number of rotatable bonds is 9. The molecule has 1 heterocycles. The van der Waals surface area contributed by atoms with Crippen molar-refractivity contribution in [1.29, 1.82) is 0 Å². The van der Waals surface area contributed by atoms with E-state index in [1.165, 1.54) is 0 Å². The Bertz CT molecular complexity index is 821. The van der Waals surface area contributed by atoms with Gasteiger partial charge in [-0.3, -0.25) is 0 Å². The Labute approximate surface area is 158 Å². The fraction of sp³-hybridized carbons (Fsp3) is 0.524. The minimum absolute atomic E-state index is 0.0702. The van der Waals surface area contributed by atoms with Crippen LogP contribution in [0.1, 0.15) is 63.2 Å². The van der Waals surface area contributed by atoms with Gasteiger partial charge in [0.25, 0.3) is 0 Å². The summed E-state index contributed by atoms with van der Waals surface area (Å²) in [5.41, 5.74) is -0.417. The van der Waals surface area contributed by atoms with Gasteiger partial charge < -0.3 is 19.4 Å². The summed E-state index contributed by atoms with van der Waals surface area (Å²) in [7, 11) is 0. The maximum atomic E-state index is 11.9. The lowest BCUT2D eigenvalue weighted by molar-refractivity contribution is -0.173. The maximum Gasteiger partial charge on any atom is 0.360 e. The summed E-state index contributed by atoms with van der Waals surface area (Å²) in [6, 6.07) is 5.04. The van der Waals surface area contributed by atoms with Gasteiger partial charge in [0, 0.05) is 23.8 Å². The molecule has 1 aliphatic carbocycles. The van der Waals surface area contributed by atoms with E-state index in [2.05, 4.69) is 0 Å². The van der Waals surface area contributed by atoms with Crippen molar-refractivity contribution in [3.05, 3.63) is 29.5 Å². The smallest absolute Gasteiger partial charge is 0.360 e. The molecule has 0 saturated carbocycles. The molecule has 0 fully saturated rings. The molecule has 0 amide bonds. The normalized spacial score (nSPS) is 14.1. The van der Waals surface area contributed by atoms with Gasteiger partial charge in [-0.25, -0.2) is 9.59 Å². The number of hydrogen-bond acceptors (Lipinski definition) is 4. The molecule has 6 nitrogen and oxygen atoms in total. The van der Waals surface area contributed by atoms with Crippen LogP contribution in [-0.4, -0.2) is 27.8 Å². The van der Waals surface area contributed by atoms with Gasteiger partial charge in [-0.1, -0.05) is 26.2 Å². The van der Waals surface area contributed by atoms with Crippen LogP contribution in [-0.2, 0) is 22.4 Å². The van der Waals surface area contributed by atoms with Gasteiger partial charge in [-0.15, -0.1) is 0 Å². The summed E-state index contributed by atoms with van der Waals surface area (Å²) in [5.74, 6) is -1.73. The quantitative estimate of drug-likeness (QED) is 0.493. The monoisotopic (exact) mass is 374 g/mol. The summed E-state index contributed by atoms with van der Waals surface area (Å²) in [4.78, 5) is 23.7. The highest BCUT2D eigenvalue weighted by Gasteiger charge is 2.49. The third kappa shape index (κ3) is 3.80. The van der Waals surface area contributed by atoms with E-state index in [1.54, 1.807) is 18.2 Å². The Kier molecular flexibility index (Phi) is 5.73. The summed E-state index contributed by atoms with van der Waals surface area (Å²) >= 11 is 0. The predicted molar refractivity (Wildman–Crippen MR) is 100 cm³/mol. The number of carboxylic acids is 2. The van der Waals surface area contributed by atoms with Crippen molar-refractivity contribution in [2.24, 2.45) is 0 Å². The Hall–Kier alpha value is -2.50. The lowest BCUT2D eigenvalue weighted by Crippen LogP contribution is -2.51. The number of benzene rings is 1. The lowest BCUT2D eigenvalue weighted by atomic mass is 9.95. The van der Waals surface area contributed by atoms with Crippen LogP contribution < -0.4 is 4.74 Å². The zero-order valence-electron chi connectivity index (χ0n) is 15.6. The maximum absolute atomic E-state index is 11.9. The molecule has 3 rings (SSSR count). The van der Waals surface area contributed by atoms with Crippen LogP contribution >= 0.6 is 0 Å². The Morgan fingerprint density at radius 2 is 1.85 bits per heavy atom. The molecule has 1 aromatic heterocycles. The van der Waals surface area contributed by atoms with Crippen molar-refractivity contribution in [2.75, 3.05) is 0 Å². The van der Waals surface area contributed by atoms with Gasteiger partial charge in [0.2, 0.25) is 0 Å². The Morgan fingerprint density at radius 1 is 1.11 bits per heavy atom. The standard InChI is InChI=1S/C21H26O6/c1-2-3-4-7-12-21(19(22)23,20(24)25)27-14-10-11-18-16(13-14)15-8-5-6-9-17(15)26-18/h10-11,13H,2-9,12H2,1H3,(H,22,23)(H,24,25). The highest BCUT2D eigenvalue weighted by atomic mass is 16.6. The molecule has 0 unspecified atom stereocenters. The molecule has 0 atom stereocenters. The van der Waals surface area contributed by atoms with Crippen LogP contribution in [0.2, 0.25) is 0 Å². The lowest BCUT2D eigenvalue weighted by Gasteiger charge is -2.26. The van der Waals surface area contributed by atoms with E-state index in [-0.39, 0.29) is 12.2 Å². The Balaban J connectivity index is 1.90. The highest BCUT2D eigenvalue weighted by molar-refractivity contribution is 6.02. The second-order valence-corrected chi connectivity index (χ2v) is 7.22. The molecule has 6 heteroatoms. The largest absolute Gasteiger partial charge is 0.478 e. The molecule has 146 valence electrons. The summed E-state index contributed by atoms with van der Waals surface area (Å²) < 4.78 is 11.5. The van der Waals surface area contributed by atoms with Gasteiger partial charge in [0.15, 0.2) is 0 Å². The van der Waals surface area contributed by atoms with E-state index in [1.807, 2.05) is 6.92 Å². The van der Waals surface area contributed by atoms with Crippen molar-refractivity contribution in [3.8, 4) is 5.75 Å². The van der Waals surface area contributed by atoms with E-state index in [0.717, 1.165) is 67.2 Å². The average molecular weight is 374 g/mol. The minimum atomic E-state index is -2.27. The van der Waals surface area contributed by atoms with E-state index in [0.29, 0.717) is 6.42 Å². The molecule has 27 heavy (non-hydrogen) atoms. The first-order chi connectivity index (χ1) is 13.0. The van der Waals surface area contributed by atoms with E-state index in [4.69, 9.17) is 9.15 Å². The van der Waals surface area contributed by atoms with Crippen molar-refractivity contribution in [2.45, 2.75) is 70.3 Å².